The number of amides is 1. The van der Waals surface area contributed by atoms with Gasteiger partial charge in [-0.1, -0.05) is 30.4 Å². The van der Waals surface area contributed by atoms with Crippen molar-refractivity contribution in [3.63, 3.8) is 0 Å². The second-order valence-electron chi connectivity index (χ2n) is 5.82. The molecule has 0 aliphatic rings. The molecule has 1 amide bonds. The fourth-order valence-corrected chi connectivity index (χ4v) is 2.98. The van der Waals surface area contributed by atoms with Crippen molar-refractivity contribution in [2.45, 2.75) is 13.8 Å². The standard InChI is InChI=1S/C20H19N3OS/c1-4-14(8-7-13(2)3)20(24)21-15-9-10-16-17(12-15)23-19(22-16)18-6-5-11-25-18/h4-12H,1H2,2-3H3,(H,21,24)(H,22,23)/b14-8+. The minimum atomic E-state index is -0.190. The molecule has 0 spiro atoms. The van der Waals surface area contributed by atoms with E-state index in [-0.39, 0.29) is 5.91 Å². The highest BCUT2D eigenvalue weighted by Crippen LogP contribution is 2.26. The number of H-pyrrole nitrogens is 1. The average Bonchev–Trinajstić information content (AvgIpc) is 3.24. The zero-order chi connectivity index (χ0) is 17.8. The number of carbonyl (C=O) groups is 1. The molecule has 0 saturated heterocycles. The van der Waals surface area contributed by atoms with Crippen LogP contribution >= 0.6 is 11.3 Å². The summed E-state index contributed by atoms with van der Waals surface area (Å²) in [5.74, 6) is 0.647. The Hall–Kier alpha value is -2.92. The highest BCUT2D eigenvalue weighted by Gasteiger charge is 2.09. The second-order valence-corrected chi connectivity index (χ2v) is 6.77. The van der Waals surface area contributed by atoms with Gasteiger partial charge in [-0.3, -0.25) is 4.79 Å². The van der Waals surface area contributed by atoms with E-state index in [1.165, 1.54) is 0 Å². The Morgan fingerprint density at radius 1 is 1.28 bits per heavy atom. The van der Waals surface area contributed by atoms with Crippen LogP contribution in [0.4, 0.5) is 5.69 Å². The van der Waals surface area contributed by atoms with Gasteiger partial charge in [0.25, 0.3) is 5.91 Å². The summed E-state index contributed by atoms with van der Waals surface area (Å²) >= 11 is 1.63. The van der Waals surface area contributed by atoms with Crippen LogP contribution in [0.3, 0.4) is 0 Å². The molecule has 0 unspecified atom stereocenters. The van der Waals surface area contributed by atoms with E-state index in [1.807, 2.05) is 55.6 Å². The van der Waals surface area contributed by atoms with Gasteiger partial charge in [0.15, 0.2) is 0 Å². The van der Waals surface area contributed by atoms with Crippen molar-refractivity contribution in [2.24, 2.45) is 0 Å². The van der Waals surface area contributed by atoms with E-state index in [0.717, 1.165) is 27.3 Å². The molecule has 2 aromatic heterocycles. The summed E-state index contributed by atoms with van der Waals surface area (Å²) < 4.78 is 0. The van der Waals surface area contributed by atoms with E-state index in [0.29, 0.717) is 11.3 Å². The Labute approximate surface area is 150 Å². The molecule has 2 N–H and O–H groups in total. The van der Waals surface area contributed by atoms with Crippen molar-refractivity contribution in [1.82, 2.24) is 9.97 Å². The maximum atomic E-state index is 12.4. The van der Waals surface area contributed by atoms with Gasteiger partial charge in [0.05, 0.1) is 15.9 Å². The lowest BCUT2D eigenvalue weighted by Gasteiger charge is -2.05. The first-order chi connectivity index (χ1) is 12.1. The van der Waals surface area contributed by atoms with E-state index < -0.39 is 0 Å². The zero-order valence-electron chi connectivity index (χ0n) is 14.2. The lowest BCUT2D eigenvalue weighted by molar-refractivity contribution is -0.112. The summed E-state index contributed by atoms with van der Waals surface area (Å²) in [7, 11) is 0. The van der Waals surface area contributed by atoms with Crippen molar-refractivity contribution in [1.29, 1.82) is 0 Å². The number of imidazole rings is 1. The first-order valence-corrected chi connectivity index (χ1v) is 8.77. The Bertz CT molecular complexity index is 974. The Morgan fingerprint density at radius 3 is 2.80 bits per heavy atom. The highest BCUT2D eigenvalue weighted by atomic mass is 32.1. The van der Waals surface area contributed by atoms with E-state index in [1.54, 1.807) is 23.5 Å². The van der Waals surface area contributed by atoms with Crippen molar-refractivity contribution in [3.05, 3.63) is 71.7 Å². The number of hydrogen-bond acceptors (Lipinski definition) is 3. The van der Waals surface area contributed by atoms with Crippen LogP contribution < -0.4 is 5.32 Å². The van der Waals surface area contributed by atoms with Crippen molar-refractivity contribution < 1.29 is 4.79 Å². The molecule has 0 saturated carbocycles. The highest BCUT2D eigenvalue weighted by molar-refractivity contribution is 7.13. The number of aromatic amines is 1. The van der Waals surface area contributed by atoms with Gasteiger partial charge in [-0.2, -0.15) is 0 Å². The summed E-state index contributed by atoms with van der Waals surface area (Å²) in [6, 6.07) is 9.65. The zero-order valence-corrected chi connectivity index (χ0v) is 15.0. The van der Waals surface area contributed by atoms with E-state index in [2.05, 4.69) is 21.9 Å². The number of nitrogens with zero attached hydrogens (tertiary/aromatic N) is 1. The second kappa shape index (κ2) is 7.32. The molecule has 0 atom stereocenters. The van der Waals surface area contributed by atoms with Gasteiger partial charge >= 0.3 is 0 Å². The van der Waals surface area contributed by atoms with Crippen LogP contribution in [-0.2, 0) is 4.79 Å². The average molecular weight is 349 g/mol. The molecule has 3 rings (SSSR count). The van der Waals surface area contributed by atoms with Crippen molar-refractivity contribution in [3.8, 4) is 10.7 Å². The maximum absolute atomic E-state index is 12.4. The molecule has 0 aliphatic carbocycles. The molecule has 2 heterocycles. The Balaban J connectivity index is 1.84. The van der Waals surface area contributed by atoms with Gasteiger partial charge in [0, 0.05) is 11.3 Å². The number of anilines is 1. The Morgan fingerprint density at radius 2 is 2.12 bits per heavy atom. The van der Waals surface area contributed by atoms with Crippen LogP contribution in [0.5, 0.6) is 0 Å². The molecule has 126 valence electrons. The molecule has 5 heteroatoms. The molecule has 4 nitrogen and oxygen atoms in total. The first-order valence-electron chi connectivity index (χ1n) is 7.89. The molecule has 3 aromatic rings. The van der Waals surface area contributed by atoms with Crippen LogP contribution in [0.2, 0.25) is 0 Å². The van der Waals surface area contributed by atoms with Crippen LogP contribution in [-0.4, -0.2) is 15.9 Å². The smallest absolute Gasteiger partial charge is 0.255 e. The Kier molecular flexibility index (Phi) is 4.95. The van der Waals surface area contributed by atoms with Gasteiger partial charge in [0.2, 0.25) is 0 Å². The summed E-state index contributed by atoms with van der Waals surface area (Å²) in [4.78, 5) is 21.3. The predicted octanol–water partition coefficient (Wildman–Crippen LogP) is 5.31. The van der Waals surface area contributed by atoms with Crippen LogP contribution in [0, 0.1) is 0 Å². The lowest BCUT2D eigenvalue weighted by Crippen LogP contribution is -2.13. The van der Waals surface area contributed by atoms with E-state index >= 15 is 0 Å². The van der Waals surface area contributed by atoms with Crippen molar-refractivity contribution in [2.75, 3.05) is 5.32 Å². The number of allylic oxidation sites excluding steroid dienone is 3. The van der Waals surface area contributed by atoms with E-state index in [9.17, 15) is 4.79 Å². The fourth-order valence-electron chi connectivity index (χ4n) is 2.31. The number of aromatic nitrogens is 2. The number of thiophene rings is 1. The first kappa shape index (κ1) is 16.9. The number of rotatable bonds is 5. The number of fused-ring (bicyclic) bond motifs is 1. The SMILES string of the molecule is C=C/C(=C\C=C(C)C)C(=O)Nc1ccc2nc(-c3cccs3)[nH]c2c1. The molecular formula is C20H19N3OS. The largest absolute Gasteiger partial charge is 0.337 e. The van der Waals surface area contributed by atoms with Crippen LogP contribution in [0.15, 0.2) is 71.7 Å². The summed E-state index contributed by atoms with van der Waals surface area (Å²) in [5, 5.41) is 4.92. The van der Waals surface area contributed by atoms with Gasteiger partial charge in [-0.25, -0.2) is 4.98 Å². The number of hydrogen-bond donors (Lipinski definition) is 2. The summed E-state index contributed by atoms with van der Waals surface area (Å²) in [6.07, 6.45) is 5.21. The lowest BCUT2D eigenvalue weighted by atomic mass is 10.2. The minimum Gasteiger partial charge on any atom is -0.337 e. The van der Waals surface area contributed by atoms with Gasteiger partial charge in [-0.15, -0.1) is 11.3 Å². The number of benzene rings is 1. The van der Waals surface area contributed by atoms with Gasteiger partial charge < -0.3 is 10.3 Å². The quantitative estimate of drug-likeness (QED) is 0.484. The number of carbonyl (C=O) groups excluding carboxylic acids is 1. The molecule has 0 aliphatic heterocycles. The summed E-state index contributed by atoms with van der Waals surface area (Å²) in [6.45, 7) is 7.67. The molecule has 25 heavy (non-hydrogen) atoms. The maximum Gasteiger partial charge on any atom is 0.255 e. The van der Waals surface area contributed by atoms with Gasteiger partial charge in [0.1, 0.15) is 5.82 Å². The van der Waals surface area contributed by atoms with Crippen LogP contribution in [0.1, 0.15) is 13.8 Å². The molecule has 0 bridgehead atoms. The van der Waals surface area contributed by atoms with Gasteiger partial charge in [-0.05, 0) is 49.6 Å². The van der Waals surface area contributed by atoms with Crippen molar-refractivity contribution >= 4 is 34.0 Å². The third-order valence-electron chi connectivity index (χ3n) is 3.57. The fraction of sp³-hybridized carbons (Fsp3) is 0.100. The molecule has 1 aromatic carbocycles. The summed E-state index contributed by atoms with van der Waals surface area (Å²) in [5.41, 5.74) is 4.10. The normalized spacial score (nSPS) is 11.4. The minimum absolute atomic E-state index is 0.190. The molecular weight excluding hydrogens is 330 g/mol. The molecule has 0 radical (unpaired) electrons. The molecule has 0 fully saturated rings. The predicted molar refractivity (Wildman–Crippen MR) is 106 cm³/mol. The number of nitrogens with one attached hydrogen (secondary N) is 2. The third-order valence-corrected chi connectivity index (χ3v) is 4.45. The van der Waals surface area contributed by atoms with E-state index in [4.69, 9.17) is 0 Å². The third kappa shape index (κ3) is 3.95. The van der Waals surface area contributed by atoms with Crippen LogP contribution in [0.25, 0.3) is 21.7 Å². The monoisotopic (exact) mass is 349 g/mol. The topological polar surface area (TPSA) is 57.8 Å².